The number of aromatic amines is 1. The first-order chi connectivity index (χ1) is 5.09. The maximum atomic E-state index is 10.6. The summed E-state index contributed by atoms with van der Waals surface area (Å²) in [6.07, 6.45) is 0. The molecular formula is C6H8N2O3. The van der Waals surface area contributed by atoms with Crippen LogP contribution in [-0.4, -0.2) is 15.7 Å². The Morgan fingerprint density at radius 3 is 2.73 bits per heavy atom. The molecule has 1 aromatic rings. The Hall–Kier alpha value is -1.52. The highest BCUT2D eigenvalue weighted by molar-refractivity contribution is 5.68. The number of esters is 1. The highest BCUT2D eigenvalue weighted by Crippen LogP contribution is 2.02. The summed E-state index contributed by atoms with van der Waals surface area (Å²) in [5.74, 6) is -0.220. The molecule has 0 aliphatic carbocycles. The molecule has 0 aliphatic rings. The van der Waals surface area contributed by atoms with Gasteiger partial charge in [0.2, 0.25) is 5.88 Å². The van der Waals surface area contributed by atoms with Crippen molar-refractivity contribution < 1.29 is 9.53 Å². The molecule has 11 heavy (non-hydrogen) atoms. The first-order valence-corrected chi connectivity index (χ1v) is 3.04. The van der Waals surface area contributed by atoms with Crippen LogP contribution in [0.3, 0.4) is 0 Å². The Kier molecular flexibility index (Phi) is 1.80. The first-order valence-electron chi connectivity index (χ1n) is 3.04. The molecular weight excluding hydrogens is 148 g/mol. The van der Waals surface area contributed by atoms with Crippen molar-refractivity contribution in [1.29, 1.82) is 0 Å². The van der Waals surface area contributed by atoms with Gasteiger partial charge in [0.1, 0.15) is 0 Å². The molecule has 0 aliphatic heterocycles. The number of rotatable bonds is 1. The Morgan fingerprint density at radius 2 is 2.36 bits per heavy atom. The average molecular weight is 156 g/mol. The number of hydrogen-bond donors (Lipinski definition) is 1. The molecule has 0 spiro atoms. The van der Waals surface area contributed by atoms with Gasteiger partial charge in [0.15, 0.2) is 0 Å². The Labute approximate surface area is 62.6 Å². The van der Waals surface area contributed by atoms with Crippen molar-refractivity contribution in [2.45, 2.75) is 6.92 Å². The van der Waals surface area contributed by atoms with Crippen LogP contribution in [-0.2, 0) is 11.8 Å². The van der Waals surface area contributed by atoms with Gasteiger partial charge in [-0.05, 0) is 0 Å². The number of nitrogens with one attached hydrogen (secondary N) is 1. The van der Waals surface area contributed by atoms with E-state index in [0.29, 0.717) is 0 Å². The van der Waals surface area contributed by atoms with Gasteiger partial charge in [-0.2, -0.15) is 0 Å². The van der Waals surface area contributed by atoms with Crippen LogP contribution in [0, 0.1) is 0 Å². The first kappa shape index (κ1) is 7.59. The van der Waals surface area contributed by atoms with E-state index in [1.807, 2.05) is 0 Å². The lowest BCUT2D eigenvalue weighted by Gasteiger charge is -1.98. The van der Waals surface area contributed by atoms with Gasteiger partial charge < -0.3 is 4.74 Å². The largest absolute Gasteiger partial charge is 0.408 e. The highest BCUT2D eigenvalue weighted by atomic mass is 16.5. The standard InChI is InChI=1S/C6H8N2O3/c1-4(9)11-6-3-5(10)7-8(6)2/h3H,1-2H3,(H,7,10). The van der Waals surface area contributed by atoms with Crippen molar-refractivity contribution >= 4 is 5.97 Å². The third-order valence-electron chi connectivity index (χ3n) is 1.11. The maximum absolute atomic E-state index is 10.6. The van der Waals surface area contributed by atoms with Crippen molar-refractivity contribution in [3.05, 3.63) is 16.4 Å². The molecule has 60 valence electrons. The minimum absolute atomic E-state index is 0.225. The normalized spacial score (nSPS) is 9.64. The summed E-state index contributed by atoms with van der Waals surface area (Å²) < 4.78 is 6.00. The van der Waals surface area contributed by atoms with E-state index in [0.717, 1.165) is 0 Å². The van der Waals surface area contributed by atoms with E-state index in [1.54, 1.807) is 7.05 Å². The molecule has 0 atom stereocenters. The fourth-order valence-electron chi connectivity index (χ4n) is 0.707. The van der Waals surface area contributed by atoms with Crippen molar-refractivity contribution in [3.8, 4) is 5.88 Å². The second-order valence-corrected chi connectivity index (χ2v) is 2.11. The number of nitrogens with zero attached hydrogens (tertiary/aromatic N) is 1. The number of hydrogen-bond acceptors (Lipinski definition) is 3. The van der Waals surface area contributed by atoms with Crippen LogP contribution >= 0.6 is 0 Å². The number of ether oxygens (including phenoxy) is 1. The lowest BCUT2D eigenvalue weighted by Crippen LogP contribution is -2.05. The number of aromatic nitrogens is 2. The van der Waals surface area contributed by atoms with Gasteiger partial charge in [-0.1, -0.05) is 0 Å². The Bertz CT molecular complexity index is 323. The van der Waals surface area contributed by atoms with Crippen LogP contribution in [0.2, 0.25) is 0 Å². The lowest BCUT2D eigenvalue weighted by molar-refractivity contribution is -0.132. The van der Waals surface area contributed by atoms with Crippen molar-refractivity contribution in [2.75, 3.05) is 0 Å². The molecule has 0 radical (unpaired) electrons. The van der Waals surface area contributed by atoms with E-state index in [-0.39, 0.29) is 11.4 Å². The lowest BCUT2D eigenvalue weighted by atomic mass is 10.6. The molecule has 0 amide bonds. The van der Waals surface area contributed by atoms with Gasteiger partial charge in [-0.15, -0.1) is 0 Å². The molecule has 1 aromatic heterocycles. The Balaban J connectivity index is 2.94. The molecule has 0 saturated heterocycles. The van der Waals surface area contributed by atoms with Gasteiger partial charge in [-0.3, -0.25) is 19.4 Å². The summed E-state index contributed by atoms with van der Waals surface area (Å²) in [7, 11) is 1.58. The van der Waals surface area contributed by atoms with E-state index in [4.69, 9.17) is 0 Å². The molecule has 1 N–H and O–H groups in total. The fourth-order valence-corrected chi connectivity index (χ4v) is 0.707. The number of aryl methyl sites for hydroxylation is 1. The molecule has 0 saturated carbocycles. The van der Waals surface area contributed by atoms with E-state index in [9.17, 15) is 9.59 Å². The number of H-pyrrole nitrogens is 1. The summed E-state index contributed by atoms with van der Waals surface area (Å²) >= 11 is 0. The zero-order valence-corrected chi connectivity index (χ0v) is 6.25. The minimum Gasteiger partial charge on any atom is -0.408 e. The topological polar surface area (TPSA) is 64.1 Å². The zero-order valence-electron chi connectivity index (χ0n) is 6.25. The second-order valence-electron chi connectivity index (χ2n) is 2.11. The smallest absolute Gasteiger partial charge is 0.309 e. The maximum Gasteiger partial charge on any atom is 0.309 e. The van der Waals surface area contributed by atoms with Crippen LogP contribution in [0.15, 0.2) is 10.9 Å². The van der Waals surface area contributed by atoms with Crippen molar-refractivity contribution in [2.24, 2.45) is 7.05 Å². The minimum atomic E-state index is -0.445. The van der Waals surface area contributed by atoms with E-state index in [2.05, 4.69) is 9.84 Å². The predicted molar refractivity (Wildman–Crippen MR) is 37.3 cm³/mol. The molecule has 1 heterocycles. The van der Waals surface area contributed by atoms with Gasteiger partial charge >= 0.3 is 5.97 Å². The Morgan fingerprint density at radius 1 is 1.73 bits per heavy atom. The van der Waals surface area contributed by atoms with Crippen LogP contribution in [0.25, 0.3) is 0 Å². The molecule has 5 nitrogen and oxygen atoms in total. The molecule has 5 heteroatoms. The summed E-state index contributed by atoms with van der Waals surface area (Å²) in [6, 6.07) is 1.21. The summed E-state index contributed by atoms with van der Waals surface area (Å²) in [6.45, 7) is 1.28. The predicted octanol–water partition coefficient (Wildman–Crippen LogP) is -0.361. The summed E-state index contributed by atoms with van der Waals surface area (Å²) in [4.78, 5) is 21.0. The summed E-state index contributed by atoms with van der Waals surface area (Å²) in [5.41, 5.74) is -0.288. The molecule has 0 aromatic carbocycles. The zero-order chi connectivity index (χ0) is 8.43. The molecule has 0 unspecified atom stereocenters. The quantitative estimate of drug-likeness (QED) is 0.564. The van der Waals surface area contributed by atoms with E-state index in [1.165, 1.54) is 17.7 Å². The fraction of sp³-hybridized carbons (Fsp3) is 0.333. The number of carbonyl (C=O) groups is 1. The average Bonchev–Trinajstić information content (AvgIpc) is 2.09. The van der Waals surface area contributed by atoms with E-state index >= 15 is 0 Å². The van der Waals surface area contributed by atoms with Crippen molar-refractivity contribution in [3.63, 3.8) is 0 Å². The number of carbonyl (C=O) groups excluding carboxylic acids is 1. The van der Waals surface area contributed by atoms with E-state index < -0.39 is 5.97 Å². The van der Waals surface area contributed by atoms with Gasteiger partial charge in [0.25, 0.3) is 5.56 Å². The van der Waals surface area contributed by atoms with Crippen molar-refractivity contribution in [1.82, 2.24) is 9.78 Å². The molecule has 0 fully saturated rings. The third-order valence-corrected chi connectivity index (χ3v) is 1.11. The molecule has 0 bridgehead atoms. The van der Waals surface area contributed by atoms with Crippen LogP contribution in [0.5, 0.6) is 5.88 Å². The van der Waals surface area contributed by atoms with Crippen LogP contribution in [0.1, 0.15) is 6.92 Å². The summed E-state index contributed by atoms with van der Waals surface area (Å²) in [5, 5.41) is 2.40. The van der Waals surface area contributed by atoms with Crippen LogP contribution in [0.4, 0.5) is 0 Å². The monoisotopic (exact) mass is 156 g/mol. The van der Waals surface area contributed by atoms with Gasteiger partial charge in [0.05, 0.1) is 6.07 Å². The third kappa shape index (κ3) is 1.70. The molecule has 1 rings (SSSR count). The van der Waals surface area contributed by atoms with Gasteiger partial charge in [0, 0.05) is 14.0 Å². The van der Waals surface area contributed by atoms with Gasteiger partial charge in [-0.25, -0.2) is 0 Å². The second kappa shape index (κ2) is 2.61. The SMILES string of the molecule is CC(=O)Oc1cc(=O)[nH]n1C. The van der Waals surface area contributed by atoms with Crippen LogP contribution < -0.4 is 10.3 Å². The highest BCUT2D eigenvalue weighted by Gasteiger charge is 2.03.